The maximum Gasteiger partial charge on any atom is 0.223 e. The van der Waals surface area contributed by atoms with Crippen LogP contribution in [0, 0.1) is 5.92 Å². The largest absolute Gasteiger partial charge is 0.381 e. The maximum absolute atomic E-state index is 11.5. The summed E-state index contributed by atoms with van der Waals surface area (Å²) in [7, 11) is 0. The third-order valence-electron chi connectivity index (χ3n) is 3.37. The first-order chi connectivity index (χ1) is 10.8. The van der Waals surface area contributed by atoms with E-state index in [0.717, 1.165) is 57.9 Å². The second kappa shape index (κ2) is 12.3. The van der Waals surface area contributed by atoms with Gasteiger partial charge in [0, 0.05) is 45.3 Å². The maximum atomic E-state index is 11.5. The van der Waals surface area contributed by atoms with Crippen molar-refractivity contribution in [1.82, 2.24) is 16.0 Å². The van der Waals surface area contributed by atoms with Crippen molar-refractivity contribution in [3.63, 3.8) is 0 Å². The Kier molecular flexibility index (Phi) is 10.5. The second-order valence-electron chi connectivity index (χ2n) is 5.57. The van der Waals surface area contributed by atoms with Gasteiger partial charge in [-0.3, -0.25) is 9.79 Å². The number of hydrogen-bond donors (Lipinski definition) is 3. The van der Waals surface area contributed by atoms with Crippen LogP contribution in [0.25, 0.3) is 0 Å². The first-order valence-corrected chi connectivity index (χ1v) is 8.65. The van der Waals surface area contributed by atoms with E-state index in [0.29, 0.717) is 13.1 Å². The molecule has 0 aromatic heterocycles. The van der Waals surface area contributed by atoms with Crippen LogP contribution in [0.3, 0.4) is 0 Å². The number of nitrogens with zero attached hydrogens (tertiary/aromatic N) is 1. The van der Waals surface area contributed by atoms with Crippen LogP contribution >= 0.6 is 0 Å². The number of carbonyl (C=O) groups is 1. The van der Waals surface area contributed by atoms with Gasteiger partial charge in [0.15, 0.2) is 5.96 Å². The van der Waals surface area contributed by atoms with Gasteiger partial charge in [-0.15, -0.1) is 0 Å². The van der Waals surface area contributed by atoms with E-state index in [9.17, 15) is 4.79 Å². The molecule has 0 bridgehead atoms. The Hall–Kier alpha value is -1.30. The van der Waals surface area contributed by atoms with Gasteiger partial charge in [-0.1, -0.05) is 13.3 Å². The number of unbranched alkanes of at least 4 members (excludes halogenated alkanes) is 1. The molecule has 0 aliphatic heterocycles. The van der Waals surface area contributed by atoms with E-state index in [-0.39, 0.29) is 11.8 Å². The molecule has 3 N–H and O–H groups in total. The molecule has 1 aliphatic carbocycles. The third-order valence-corrected chi connectivity index (χ3v) is 3.37. The van der Waals surface area contributed by atoms with Gasteiger partial charge in [0.2, 0.25) is 5.91 Å². The Morgan fingerprint density at radius 3 is 2.50 bits per heavy atom. The highest BCUT2D eigenvalue weighted by molar-refractivity contribution is 5.81. The number of nitrogens with one attached hydrogen (secondary N) is 3. The van der Waals surface area contributed by atoms with Crippen molar-refractivity contribution in [3.8, 4) is 0 Å². The Morgan fingerprint density at radius 2 is 1.82 bits per heavy atom. The summed E-state index contributed by atoms with van der Waals surface area (Å²) in [6, 6.07) is 0. The molecule has 6 heteroatoms. The minimum Gasteiger partial charge on any atom is -0.381 e. The van der Waals surface area contributed by atoms with Crippen LogP contribution in [0.4, 0.5) is 0 Å². The minimum absolute atomic E-state index is 0.188. The van der Waals surface area contributed by atoms with E-state index in [1.807, 2.05) is 6.92 Å². The highest BCUT2D eigenvalue weighted by atomic mass is 16.5. The molecule has 0 atom stereocenters. The fraction of sp³-hybridized carbons (Fsp3) is 0.875. The number of rotatable bonds is 12. The van der Waals surface area contributed by atoms with Gasteiger partial charge in [-0.05, 0) is 32.6 Å². The first kappa shape index (κ1) is 18.7. The lowest BCUT2D eigenvalue weighted by Gasteiger charge is -2.11. The number of guanidine groups is 1. The van der Waals surface area contributed by atoms with Gasteiger partial charge in [0.25, 0.3) is 0 Å². The van der Waals surface area contributed by atoms with Crippen molar-refractivity contribution in [2.45, 2.75) is 46.0 Å². The van der Waals surface area contributed by atoms with Crippen LogP contribution in [-0.2, 0) is 9.53 Å². The zero-order valence-electron chi connectivity index (χ0n) is 14.1. The number of hydrogen-bond acceptors (Lipinski definition) is 3. The highest BCUT2D eigenvalue weighted by Crippen LogP contribution is 2.28. The number of carbonyl (C=O) groups excluding carboxylic acids is 1. The Morgan fingerprint density at radius 1 is 1.09 bits per heavy atom. The lowest BCUT2D eigenvalue weighted by molar-refractivity contribution is -0.122. The second-order valence-corrected chi connectivity index (χ2v) is 5.57. The first-order valence-electron chi connectivity index (χ1n) is 8.65. The van der Waals surface area contributed by atoms with Gasteiger partial charge in [-0.2, -0.15) is 0 Å². The molecule has 1 amide bonds. The van der Waals surface area contributed by atoms with Gasteiger partial charge >= 0.3 is 0 Å². The van der Waals surface area contributed by atoms with E-state index in [1.54, 1.807) is 0 Å². The fourth-order valence-electron chi connectivity index (χ4n) is 1.90. The van der Waals surface area contributed by atoms with Crippen molar-refractivity contribution in [1.29, 1.82) is 0 Å². The van der Waals surface area contributed by atoms with E-state index in [4.69, 9.17) is 4.74 Å². The summed E-state index contributed by atoms with van der Waals surface area (Å²) in [5.41, 5.74) is 0. The summed E-state index contributed by atoms with van der Waals surface area (Å²) in [5, 5.41) is 9.37. The summed E-state index contributed by atoms with van der Waals surface area (Å²) in [6.45, 7) is 8.72. The van der Waals surface area contributed by atoms with Crippen LogP contribution in [0.1, 0.15) is 46.0 Å². The monoisotopic (exact) mass is 312 g/mol. The molecule has 1 fully saturated rings. The van der Waals surface area contributed by atoms with Gasteiger partial charge in [0.05, 0.1) is 0 Å². The van der Waals surface area contributed by atoms with Crippen molar-refractivity contribution in [2.24, 2.45) is 10.9 Å². The van der Waals surface area contributed by atoms with Crippen molar-refractivity contribution >= 4 is 11.9 Å². The molecule has 0 saturated heterocycles. The van der Waals surface area contributed by atoms with E-state index in [1.165, 1.54) is 6.42 Å². The van der Waals surface area contributed by atoms with Crippen LogP contribution < -0.4 is 16.0 Å². The summed E-state index contributed by atoms with van der Waals surface area (Å²) >= 11 is 0. The third kappa shape index (κ3) is 9.60. The Bertz CT molecular complexity index is 330. The molecular weight excluding hydrogens is 280 g/mol. The molecular formula is C16H32N4O2. The summed E-state index contributed by atoms with van der Waals surface area (Å²) in [6.07, 6.45) is 5.32. The summed E-state index contributed by atoms with van der Waals surface area (Å²) in [5.74, 6) is 1.26. The van der Waals surface area contributed by atoms with Gasteiger partial charge in [-0.25, -0.2) is 0 Å². The molecule has 0 heterocycles. The quantitative estimate of drug-likeness (QED) is 0.288. The van der Waals surface area contributed by atoms with Crippen LogP contribution in [0.2, 0.25) is 0 Å². The smallest absolute Gasteiger partial charge is 0.223 e. The SMILES string of the molecule is CCCCOCCCN=C(NCC)NCCNC(=O)C1CC1. The zero-order valence-corrected chi connectivity index (χ0v) is 14.1. The molecule has 22 heavy (non-hydrogen) atoms. The van der Waals surface area contributed by atoms with E-state index in [2.05, 4.69) is 27.9 Å². The zero-order chi connectivity index (χ0) is 16.0. The predicted octanol–water partition coefficient (Wildman–Crippen LogP) is 1.27. The molecule has 0 aromatic rings. The Balaban J connectivity index is 2.05. The van der Waals surface area contributed by atoms with E-state index < -0.39 is 0 Å². The highest BCUT2D eigenvalue weighted by Gasteiger charge is 2.28. The molecule has 6 nitrogen and oxygen atoms in total. The molecule has 0 radical (unpaired) electrons. The van der Waals surface area contributed by atoms with Crippen molar-refractivity contribution < 1.29 is 9.53 Å². The average molecular weight is 312 g/mol. The minimum atomic E-state index is 0.188. The lowest BCUT2D eigenvalue weighted by Crippen LogP contribution is -2.41. The number of amides is 1. The topological polar surface area (TPSA) is 74.8 Å². The average Bonchev–Trinajstić information content (AvgIpc) is 3.35. The molecule has 0 spiro atoms. The van der Waals surface area contributed by atoms with Crippen LogP contribution in [-0.4, -0.2) is 51.3 Å². The fourth-order valence-corrected chi connectivity index (χ4v) is 1.90. The predicted molar refractivity (Wildman–Crippen MR) is 90.1 cm³/mol. The molecule has 0 unspecified atom stereocenters. The molecule has 1 saturated carbocycles. The van der Waals surface area contributed by atoms with Crippen molar-refractivity contribution in [3.05, 3.63) is 0 Å². The summed E-state index contributed by atoms with van der Waals surface area (Å²) < 4.78 is 5.51. The lowest BCUT2D eigenvalue weighted by atomic mass is 10.4. The van der Waals surface area contributed by atoms with E-state index >= 15 is 0 Å². The standard InChI is InChI=1S/C16H32N4O2/c1-3-5-12-22-13-6-9-19-16(17-4-2)20-11-10-18-15(21)14-7-8-14/h14H,3-13H2,1-2H3,(H,18,21)(H2,17,19,20). The number of ether oxygens (including phenoxy) is 1. The normalized spacial score (nSPS) is 14.7. The molecule has 128 valence electrons. The van der Waals surface area contributed by atoms with Crippen LogP contribution in [0.15, 0.2) is 4.99 Å². The number of aliphatic imine (C=N–C) groups is 1. The summed E-state index contributed by atoms with van der Waals surface area (Å²) in [4.78, 5) is 16.0. The van der Waals surface area contributed by atoms with Crippen molar-refractivity contribution in [2.75, 3.05) is 39.4 Å². The molecule has 0 aromatic carbocycles. The van der Waals surface area contributed by atoms with Gasteiger partial charge < -0.3 is 20.7 Å². The van der Waals surface area contributed by atoms with Crippen LogP contribution in [0.5, 0.6) is 0 Å². The molecule has 1 rings (SSSR count). The van der Waals surface area contributed by atoms with Gasteiger partial charge in [0.1, 0.15) is 0 Å². The Labute approximate surface area is 134 Å². The molecule has 1 aliphatic rings.